The minimum absolute atomic E-state index is 0.379. The van der Waals surface area contributed by atoms with Crippen LogP contribution in [0.1, 0.15) is 33.6 Å². The van der Waals surface area contributed by atoms with E-state index in [0.717, 1.165) is 0 Å². The van der Waals surface area contributed by atoms with E-state index in [-0.39, 0.29) is 0 Å². The summed E-state index contributed by atoms with van der Waals surface area (Å²) in [7, 11) is 0. The Labute approximate surface area is 82.1 Å². The Kier molecular flexibility index (Phi) is 2.16. The average Bonchev–Trinajstić information content (AvgIpc) is 2.60. The highest BCUT2D eigenvalue weighted by atomic mass is 15.5. The van der Waals surface area contributed by atoms with Crippen LogP contribution in [0, 0.1) is 0 Å². The van der Waals surface area contributed by atoms with Crippen LogP contribution >= 0.6 is 0 Å². The highest BCUT2D eigenvalue weighted by molar-refractivity contribution is 4.78. The van der Waals surface area contributed by atoms with E-state index in [1.165, 1.54) is 50.2 Å². The van der Waals surface area contributed by atoms with Gasteiger partial charge in [0.2, 0.25) is 0 Å². The normalized spacial score (nSPS) is 28.8. The topological polar surface area (TPSA) is 3.24 Å². The molecule has 2 saturated heterocycles. The van der Waals surface area contributed by atoms with Crippen molar-refractivity contribution in [3.05, 3.63) is 0 Å². The maximum absolute atomic E-state index is 2.65. The maximum atomic E-state index is 2.65. The van der Waals surface area contributed by atoms with Crippen molar-refractivity contribution >= 4 is 0 Å². The molecule has 76 valence electrons. The number of quaternary nitrogens is 1. The van der Waals surface area contributed by atoms with E-state index in [2.05, 4.69) is 25.7 Å². The van der Waals surface area contributed by atoms with E-state index in [0.29, 0.717) is 5.54 Å². The summed E-state index contributed by atoms with van der Waals surface area (Å²) in [6.45, 7) is 13.9. The first-order valence-corrected chi connectivity index (χ1v) is 5.62. The molecule has 2 rings (SSSR count). The van der Waals surface area contributed by atoms with Crippen molar-refractivity contribution in [2.75, 3.05) is 32.8 Å². The van der Waals surface area contributed by atoms with E-state index >= 15 is 0 Å². The Bertz CT molecular complexity index is 187. The van der Waals surface area contributed by atoms with Gasteiger partial charge in [-0.15, -0.1) is 0 Å². The fraction of sp³-hybridized carbons (Fsp3) is 1.00. The summed E-state index contributed by atoms with van der Waals surface area (Å²) >= 11 is 0. The molecule has 0 aromatic rings. The van der Waals surface area contributed by atoms with Gasteiger partial charge in [-0.25, -0.2) is 4.90 Å². The number of nitrogens with zero attached hydrogens (tertiary/aromatic N) is 2. The van der Waals surface area contributed by atoms with Crippen molar-refractivity contribution in [3.8, 4) is 0 Å². The molecule has 0 bridgehead atoms. The summed E-state index contributed by atoms with van der Waals surface area (Å²) in [6, 6.07) is 0. The van der Waals surface area contributed by atoms with Crippen LogP contribution < -0.4 is 0 Å². The third kappa shape index (κ3) is 1.75. The molecule has 2 aliphatic rings. The van der Waals surface area contributed by atoms with Crippen molar-refractivity contribution in [3.63, 3.8) is 0 Å². The summed E-state index contributed by atoms with van der Waals surface area (Å²) in [6.07, 6.45) is 2.91. The van der Waals surface area contributed by atoms with Gasteiger partial charge in [0.25, 0.3) is 0 Å². The number of hydrogen-bond donors (Lipinski definition) is 0. The highest BCUT2D eigenvalue weighted by Crippen LogP contribution is 2.28. The summed E-state index contributed by atoms with van der Waals surface area (Å²) in [5.74, 6) is 0. The fourth-order valence-electron chi connectivity index (χ4n) is 2.76. The van der Waals surface area contributed by atoms with Gasteiger partial charge in [0.15, 0.2) is 0 Å². The van der Waals surface area contributed by atoms with Gasteiger partial charge in [-0.3, -0.25) is 0 Å². The van der Waals surface area contributed by atoms with Crippen LogP contribution in [-0.4, -0.2) is 47.8 Å². The summed E-state index contributed by atoms with van der Waals surface area (Å²) in [5, 5.41) is 0. The zero-order valence-electron chi connectivity index (χ0n) is 9.34. The molecule has 2 nitrogen and oxygen atoms in total. The van der Waals surface area contributed by atoms with Gasteiger partial charge in [0.05, 0.1) is 26.2 Å². The third-order valence-corrected chi connectivity index (χ3v) is 3.78. The summed E-state index contributed by atoms with van der Waals surface area (Å²) in [4.78, 5) is 2.65. The summed E-state index contributed by atoms with van der Waals surface area (Å²) in [5.41, 5.74) is 0.379. The molecule has 2 heterocycles. The first-order chi connectivity index (χ1) is 6.02. The lowest BCUT2D eigenvalue weighted by atomic mass is 10.1. The monoisotopic (exact) mass is 183 g/mol. The predicted octanol–water partition coefficient (Wildman–Crippen LogP) is 1.67. The largest absolute Gasteiger partial charge is 0.310 e. The molecule has 0 N–H and O–H groups in total. The number of hydrogen-bond acceptors (Lipinski definition) is 1. The van der Waals surface area contributed by atoms with Crippen LogP contribution in [0.5, 0.6) is 0 Å². The minimum Gasteiger partial charge on any atom is -0.310 e. The molecule has 0 amide bonds. The van der Waals surface area contributed by atoms with E-state index in [9.17, 15) is 0 Å². The van der Waals surface area contributed by atoms with E-state index in [1.54, 1.807) is 0 Å². The molecule has 0 aromatic heterocycles. The van der Waals surface area contributed by atoms with E-state index < -0.39 is 0 Å². The standard InChI is InChI=1S/C11H23N2/c1-11(2,3)12-6-9-13(10-12)7-4-5-8-13/h4-10H2,1-3H3/q+1. The van der Waals surface area contributed by atoms with Gasteiger partial charge in [-0.2, -0.15) is 0 Å². The summed E-state index contributed by atoms with van der Waals surface area (Å²) < 4.78 is 1.40. The molecule has 1 spiro atoms. The van der Waals surface area contributed by atoms with Crippen molar-refractivity contribution in [1.82, 2.24) is 4.90 Å². The van der Waals surface area contributed by atoms with Gasteiger partial charge in [-0.1, -0.05) is 0 Å². The molecular formula is C11H23N2+. The Morgan fingerprint density at radius 3 is 2.08 bits per heavy atom. The lowest BCUT2D eigenvalue weighted by Crippen LogP contribution is -2.47. The maximum Gasteiger partial charge on any atom is 0.135 e. The second-order valence-electron chi connectivity index (χ2n) is 5.80. The molecule has 2 aliphatic heterocycles. The van der Waals surface area contributed by atoms with Crippen molar-refractivity contribution in [1.29, 1.82) is 0 Å². The molecule has 0 aromatic carbocycles. The second kappa shape index (κ2) is 2.96. The molecule has 2 heteroatoms. The molecule has 0 radical (unpaired) electrons. The first-order valence-electron chi connectivity index (χ1n) is 5.62. The second-order valence-corrected chi connectivity index (χ2v) is 5.80. The van der Waals surface area contributed by atoms with Crippen LogP contribution in [-0.2, 0) is 0 Å². The molecule has 0 atom stereocenters. The lowest BCUT2D eigenvalue weighted by Gasteiger charge is -2.33. The van der Waals surface area contributed by atoms with Gasteiger partial charge >= 0.3 is 0 Å². The zero-order chi connectivity index (χ0) is 9.53. The van der Waals surface area contributed by atoms with Crippen LogP contribution in [0.2, 0.25) is 0 Å². The molecule has 13 heavy (non-hydrogen) atoms. The quantitative estimate of drug-likeness (QED) is 0.516. The molecular weight excluding hydrogens is 160 g/mol. The van der Waals surface area contributed by atoms with Crippen LogP contribution in [0.4, 0.5) is 0 Å². The minimum atomic E-state index is 0.379. The Hall–Kier alpha value is -0.0800. The molecule has 0 unspecified atom stereocenters. The highest BCUT2D eigenvalue weighted by Gasteiger charge is 2.42. The lowest BCUT2D eigenvalue weighted by molar-refractivity contribution is -0.909. The molecule has 0 saturated carbocycles. The van der Waals surface area contributed by atoms with Crippen molar-refractivity contribution < 1.29 is 4.48 Å². The smallest absolute Gasteiger partial charge is 0.135 e. The van der Waals surface area contributed by atoms with Crippen LogP contribution in [0.25, 0.3) is 0 Å². The third-order valence-electron chi connectivity index (χ3n) is 3.78. The zero-order valence-corrected chi connectivity index (χ0v) is 9.34. The van der Waals surface area contributed by atoms with E-state index in [4.69, 9.17) is 0 Å². The van der Waals surface area contributed by atoms with Crippen molar-refractivity contribution in [2.24, 2.45) is 0 Å². The number of rotatable bonds is 0. The van der Waals surface area contributed by atoms with Gasteiger partial charge < -0.3 is 4.48 Å². The van der Waals surface area contributed by atoms with Crippen LogP contribution in [0.3, 0.4) is 0 Å². The Morgan fingerprint density at radius 2 is 1.62 bits per heavy atom. The SMILES string of the molecule is CC(C)(C)N1CC[N+]2(CCCC2)C1. The predicted molar refractivity (Wildman–Crippen MR) is 55.4 cm³/mol. The van der Waals surface area contributed by atoms with E-state index in [1.807, 2.05) is 0 Å². The van der Waals surface area contributed by atoms with Crippen molar-refractivity contribution in [2.45, 2.75) is 39.2 Å². The van der Waals surface area contributed by atoms with Gasteiger partial charge in [0, 0.05) is 18.4 Å². The first kappa shape index (κ1) is 9.47. The Balaban J connectivity index is 2.01. The van der Waals surface area contributed by atoms with Gasteiger partial charge in [0.1, 0.15) is 6.67 Å². The average molecular weight is 183 g/mol. The van der Waals surface area contributed by atoms with Gasteiger partial charge in [-0.05, 0) is 20.8 Å². The fourth-order valence-corrected chi connectivity index (χ4v) is 2.76. The Morgan fingerprint density at radius 1 is 1.00 bits per heavy atom. The van der Waals surface area contributed by atoms with Crippen LogP contribution in [0.15, 0.2) is 0 Å². The molecule has 0 aliphatic carbocycles. The molecule has 2 fully saturated rings.